The first-order valence-corrected chi connectivity index (χ1v) is 8.41. The van der Waals surface area contributed by atoms with Crippen LogP contribution in [0.4, 0.5) is 0 Å². The van der Waals surface area contributed by atoms with Crippen LogP contribution in [0.25, 0.3) is 0 Å². The van der Waals surface area contributed by atoms with Gasteiger partial charge < -0.3 is 14.5 Å². The van der Waals surface area contributed by atoms with Gasteiger partial charge in [0, 0.05) is 57.6 Å². The molecule has 2 aliphatic heterocycles. The van der Waals surface area contributed by atoms with Crippen molar-refractivity contribution in [1.29, 1.82) is 0 Å². The third-order valence-corrected chi connectivity index (χ3v) is 4.49. The summed E-state index contributed by atoms with van der Waals surface area (Å²) in [5, 5.41) is 4.34. The molecule has 0 bridgehead atoms. The number of carbonyl (C=O) groups is 2. The first-order valence-electron chi connectivity index (χ1n) is 8.41. The van der Waals surface area contributed by atoms with E-state index in [0.717, 1.165) is 13.0 Å². The second kappa shape index (κ2) is 6.54. The normalized spacial score (nSPS) is 17.0. The van der Waals surface area contributed by atoms with E-state index in [0.29, 0.717) is 49.9 Å². The number of ether oxygens (including phenoxy) is 1. The maximum Gasteiger partial charge on any atom is 0.274 e. The summed E-state index contributed by atoms with van der Waals surface area (Å²) in [6.07, 6.45) is 4.11. The van der Waals surface area contributed by atoms with Crippen molar-refractivity contribution in [2.24, 2.45) is 0 Å². The molecule has 4 rings (SSSR count). The van der Waals surface area contributed by atoms with Crippen LogP contribution in [0.15, 0.2) is 30.6 Å². The van der Waals surface area contributed by atoms with E-state index in [2.05, 4.69) is 10.1 Å². The van der Waals surface area contributed by atoms with Gasteiger partial charge in [0.1, 0.15) is 0 Å². The summed E-state index contributed by atoms with van der Waals surface area (Å²) in [5.41, 5.74) is 0.977. The van der Waals surface area contributed by atoms with Crippen LogP contribution < -0.4 is 4.74 Å². The molecule has 2 aromatic heterocycles. The number of aryl methyl sites for hydroxylation is 1. The van der Waals surface area contributed by atoms with Crippen molar-refractivity contribution in [1.82, 2.24) is 24.6 Å². The SMILES string of the molecule is O=C(c1cccnc1)N1CCN(C(=O)c2cc3n(n2)CCCO3)CC1. The lowest BCUT2D eigenvalue weighted by Gasteiger charge is -2.34. The Labute approximate surface area is 145 Å². The first-order chi connectivity index (χ1) is 12.2. The zero-order valence-corrected chi connectivity index (χ0v) is 13.8. The molecule has 2 amide bonds. The number of rotatable bonds is 2. The lowest BCUT2D eigenvalue weighted by Crippen LogP contribution is -2.50. The van der Waals surface area contributed by atoms with E-state index in [1.807, 2.05) is 0 Å². The smallest absolute Gasteiger partial charge is 0.274 e. The topological polar surface area (TPSA) is 80.6 Å². The first kappa shape index (κ1) is 15.6. The van der Waals surface area contributed by atoms with E-state index in [9.17, 15) is 9.59 Å². The van der Waals surface area contributed by atoms with Gasteiger partial charge in [-0.1, -0.05) is 0 Å². The maximum absolute atomic E-state index is 12.6. The van der Waals surface area contributed by atoms with Gasteiger partial charge in [-0.05, 0) is 12.1 Å². The molecule has 0 N–H and O–H groups in total. The molecule has 2 aromatic rings. The van der Waals surface area contributed by atoms with Gasteiger partial charge in [-0.2, -0.15) is 5.10 Å². The molecule has 0 unspecified atom stereocenters. The van der Waals surface area contributed by atoms with Crippen molar-refractivity contribution in [3.63, 3.8) is 0 Å². The van der Waals surface area contributed by atoms with Gasteiger partial charge in [0.15, 0.2) is 5.69 Å². The average molecular weight is 341 g/mol. The molecule has 0 aromatic carbocycles. The highest BCUT2D eigenvalue weighted by atomic mass is 16.5. The molecule has 0 aliphatic carbocycles. The zero-order valence-electron chi connectivity index (χ0n) is 13.8. The minimum absolute atomic E-state index is 0.0499. The highest BCUT2D eigenvalue weighted by molar-refractivity contribution is 5.95. The van der Waals surface area contributed by atoms with Gasteiger partial charge >= 0.3 is 0 Å². The quantitative estimate of drug-likeness (QED) is 0.802. The second-order valence-corrected chi connectivity index (χ2v) is 6.12. The summed E-state index contributed by atoms with van der Waals surface area (Å²) >= 11 is 0. The highest BCUT2D eigenvalue weighted by Crippen LogP contribution is 2.20. The summed E-state index contributed by atoms with van der Waals surface area (Å²) in [6.45, 7) is 3.43. The van der Waals surface area contributed by atoms with Crippen LogP contribution in [0.3, 0.4) is 0 Å². The summed E-state index contributed by atoms with van der Waals surface area (Å²) in [6, 6.07) is 5.20. The number of carbonyl (C=O) groups excluding carboxylic acids is 2. The molecule has 1 saturated heterocycles. The van der Waals surface area contributed by atoms with Crippen molar-refractivity contribution in [3.05, 3.63) is 41.9 Å². The molecule has 0 radical (unpaired) electrons. The highest BCUT2D eigenvalue weighted by Gasteiger charge is 2.28. The van der Waals surface area contributed by atoms with Crippen molar-refractivity contribution in [2.75, 3.05) is 32.8 Å². The van der Waals surface area contributed by atoms with Crippen molar-refractivity contribution in [2.45, 2.75) is 13.0 Å². The van der Waals surface area contributed by atoms with E-state index in [4.69, 9.17) is 4.74 Å². The van der Waals surface area contributed by atoms with Crippen LogP contribution in [0.1, 0.15) is 27.3 Å². The molecular weight excluding hydrogens is 322 g/mol. The van der Waals surface area contributed by atoms with E-state index in [-0.39, 0.29) is 11.8 Å². The van der Waals surface area contributed by atoms with Gasteiger partial charge in [0.2, 0.25) is 5.88 Å². The van der Waals surface area contributed by atoms with E-state index >= 15 is 0 Å². The minimum Gasteiger partial charge on any atom is -0.478 e. The third kappa shape index (κ3) is 3.07. The summed E-state index contributed by atoms with van der Waals surface area (Å²) in [5.74, 6) is 0.491. The van der Waals surface area contributed by atoms with Gasteiger partial charge in [-0.15, -0.1) is 0 Å². The van der Waals surface area contributed by atoms with Crippen LogP contribution in [-0.2, 0) is 6.54 Å². The number of hydrogen-bond acceptors (Lipinski definition) is 5. The molecule has 8 heteroatoms. The third-order valence-electron chi connectivity index (χ3n) is 4.49. The second-order valence-electron chi connectivity index (χ2n) is 6.12. The van der Waals surface area contributed by atoms with Crippen LogP contribution >= 0.6 is 0 Å². The predicted molar refractivity (Wildman–Crippen MR) is 88.4 cm³/mol. The Bertz CT molecular complexity index is 757. The molecule has 4 heterocycles. The van der Waals surface area contributed by atoms with E-state index < -0.39 is 0 Å². The summed E-state index contributed by atoms with van der Waals surface area (Å²) in [4.78, 5) is 32.5. The number of nitrogens with zero attached hydrogens (tertiary/aromatic N) is 5. The standard InChI is InChI=1S/C17H19N5O3/c23-16(13-3-1-4-18-12-13)20-6-8-21(9-7-20)17(24)14-11-15-22(19-14)5-2-10-25-15/h1,3-4,11-12H,2,5-10H2. The van der Waals surface area contributed by atoms with Crippen LogP contribution in [0, 0.1) is 0 Å². The summed E-state index contributed by atoms with van der Waals surface area (Å²) < 4.78 is 7.25. The van der Waals surface area contributed by atoms with Gasteiger partial charge in [-0.3, -0.25) is 14.6 Å². The molecular formula is C17H19N5O3. The fourth-order valence-electron chi connectivity index (χ4n) is 3.12. The fraction of sp³-hybridized carbons (Fsp3) is 0.412. The van der Waals surface area contributed by atoms with Gasteiger partial charge in [0.25, 0.3) is 11.8 Å². The zero-order chi connectivity index (χ0) is 17.2. The number of piperazine rings is 1. The molecule has 25 heavy (non-hydrogen) atoms. The largest absolute Gasteiger partial charge is 0.478 e. The average Bonchev–Trinajstić information content (AvgIpc) is 3.12. The fourth-order valence-corrected chi connectivity index (χ4v) is 3.12. The molecule has 2 aliphatic rings. The van der Waals surface area contributed by atoms with Crippen LogP contribution in [0.5, 0.6) is 5.88 Å². The van der Waals surface area contributed by atoms with Crippen molar-refractivity contribution < 1.29 is 14.3 Å². The van der Waals surface area contributed by atoms with Crippen molar-refractivity contribution >= 4 is 11.8 Å². The number of fused-ring (bicyclic) bond motifs is 1. The van der Waals surface area contributed by atoms with E-state index in [1.165, 1.54) is 0 Å². The molecule has 130 valence electrons. The molecule has 1 fully saturated rings. The Morgan fingerprint density at radius 2 is 1.80 bits per heavy atom. The Hall–Kier alpha value is -2.90. The lowest BCUT2D eigenvalue weighted by molar-refractivity contribution is 0.0531. The molecule has 0 atom stereocenters. The number of amides is 2. The molecule has 0 spiro atoms. The van der Waals surface area contributed by atoms with Gasteiger partial charge in [0.05, 0.1) is 12.2 Å². The monoisotopic (exact) mass is 341 g/mol. The predicted octanol–water partition coefficient (Wildman–Crippen LogP) is 0.659. The number of hydrogen-bond donors (Lipinski definition) is 0. The number of pyridine rings is 1. The van der Waals surface area contributed by atoms with Crippen molar-refractivity contribution in [3.8, 4) is 5.88 Å². The van der Waals surface area contributed by atoms with Crippen LogP contribution in [0.2, 0.25) is 0 Å². The van der Waals surface area contributed by atoms with Gasteiger partial charge in [-0.25, -0.2) is 4.68 Å². The minimum atomic E-state index is -0.112. The Kier molecular flexibility index (Phi) is 4.09. The lowest BCUT2D eigenvalue weighted by atomic mass is 10.2. The molecule has 0 saturated carbocycles. The molecule has 8 nitrogen and oxygen atoms in total. The Morgan fingerprint density at radius 3 is 2.48 bits per heavy atom. The number of aromatic nitrogens is 3. The van der Waals surface area contributed by atoms with Crippen LogP contribution in [-0.4, -0.2) is 69.2 Å². The Morgan fingerprint density at radius 1 is 1.04 bits per heavy atom. The summed E-state index contributed by atoms with van der Waals surface area (Å²) in [7, 11) is 0. The maximum atomic E-state index is 12.6. The van der Waals surface area contributed by atoms with E-state index in [1.54, 1.807) is 45.1 Å². The Balaban J connectivity index is 1.39.